The Kier molecular flexibility index (Phi) is 4.49. The van der Waals surface area contributed by atoms with Gasteiger partial charge in [-0.15, -0.1) is 0 Å². The zero-order chi connectivity index (χ0) is 15.5. The fourth-order valence-electron chi connectivity index (χ4n) is 3.01. The molecule has 0 bridgehead atoms. The molecule has 1 saturated carbocycles. The molecule has 22 heavy (non-hydrogen) atoms. The summed E-state index contributed by atoms with van der Waals surface area (Å²) in [6.45, 7) is 4.70. The lowest BCUT2D eigenvalue weighted by atomic mass is 9.94. The maximum Gasteiger partial charge on any atom is 0.188 e. The zero-order valence-electron chi connectivity index (χ0n) is 13.7. The van der Waals surface area contributed by atoms with Crippen LogP contribution in [0, 0.1) is 13.8 Å². The third-order valence-corrected chi connectivity index (χ3v) is 4.45. The van der Waals surface area contributed by atoms with E-state index in [0.717, 1.165) is 12.2 Å². The molecule has 1 aliphatic rings. The molecule has 0 heterocycles. The van der Waals surface area contributed by atoms with Gasteiger partial charge in [-0.05, 0) is 72.9 Å². The second-order valence-corrected chi connectivity index (χ2v) is 6.24. The topological polar surface area (TPSA) is 18.5 Å². The Morgan fingerprint density at radius 1 is 1.05 bits per heavy atom. The van der Waals surface area contributed by atoms with Crippen LogP contribution in [0.3, 0.4) is 0 Å². The van der Waals surface area contributed by atoms with E-state index in [1.54, 1.807) is 7.11 Å². The first-order valence-electron chi connectivity index (χ1n) is 7.98. The summed E-state index contributed by atoms with van der Waals surface area (Å²) < 4.78 is 10.8. The molecule has 0 N–H and O–H groups in total. The quantitative estimate of drug-likeness (QED) is 0.716. The molecule has 0 saturated heterocycles. The fourth-order valence-corrected chi connectivity index (χ4v) is 3.01. The molecule has 0 aromatic heterocycles. The molecule has 0 aliphatic heterocycles. The number of hydrogen-bond acceptors (Lipinski definition) is 2. The van der Waals surface area contributed by atoms with Crippen LogP contribution < -0.4 is 4.74 Å². The standard InChI is InChI=1S/C20H24O2/c1-14-5-4-6-15(2)18(14)11-16-7-10-20(22-13-21-3)19(12-16)17-8-9-17/h4-7,10,12,17H,8-9,11,13H2,1-3H3. The first-order chi connectivity index (χ1) is 10.7. The van der Waals surface area contributed by atoms with Gasteiger partial charge in [0, 0.05) is 7.11 Å². The molecule has 2 heteroatoms. The summed E-state index contributed by atoms with van der Waals surface area (Å²) >= 11 is 0. The van der Waals surface area contributed by atoms with Crippen LogP contribution >= 0.6 is 0 Å². The summed E-state index contributed by atoms with van der Waals surface area (Å²) in [5.41, 5.74) is 6.89. The second-order valence-electron chi connectivity index (χ2n) is 6.24. The van der Waals surface area contributed by atoms with Gasteiger partial charge in [0.15, 0.2) is 6.79 Å². The summed E-state index contributed by atoms with van der Waals surface area (Å²) in [4.78, 5) is 0. The highest BCUT2D eigenvalue weighted by Gasteiger charge is 2.27. The maximum atomic E-state index is 5.72. The number of rotatable bonds is 6. The average molecular weight is 296 g/mol. The van der Waals surface area contributed by atoms with Gasteiger partial charge in [0.05, 0.1) is 0 Å². The molecule has 0 atom stereocenters. The summed E-state index contributed by atoms with van der Waals surface area (Å²) in [6, 6.07) is 13.1. The van der Waals surface area contributed by atoms with Crippen molar-refractivity contribution in [3.8, 4) is 5.75 Å². The van der Waals surface area contributed by atoms with E-state index in [-0.39, 0.29) is 0 Å². The van der Waals surface area contributed by atoms with Gasteiger partial charge in [0.1, 0.15) is 5.75 Å². The Morgan fingerprint density at radius 2 is 1.77 bits per heavy atom. The predicted octanol–water partition coefficient (Wildman–Crippen LogP) is 4.75. The number of aryl methyl sites for hydroxylation is 2. The molecule has 2 aromatic carbocycles. The molecule has 0 unspecified atom stereocenters. The zero-order valence-corrected chi connectivity index (χ0v) is 13.7. The van der Waals surface area contributed by atoms with Gasteiger partial charge >= 0.3 is 0 Å². The molecule has 0 spiro atoms. The summed E-state index contributed by atoms with van der Waals surface area (Å²) in [5.74, 6) is 1.65. The average Bonchev–Trinajstić information content (AvgIpc) is 3.34. The third-order valence-electron chi connectivity index (χ3n) is 4.45. The Labute approximate surface area is 133 Å². The Balaban J connectivity index is 1.87. The van der Waals surface area contributed by atoms with Crippen molar-refractivity contribution in [2.45, 2.75) is 39.0 Å². The van der Waals surface area contributed by atoms with Gasteiger partial charge in [0.25, 0.3) is 0 Å². The van der Waals surface area contributed by atoms with Crippen LogP contribution in [0.4, 0.5) is 0 Å². The van der Waals surface area contributed by atoms with Crippen molar-refractivity contribution in [2.75, 3.05) is 13.9 Å². The van der Waals surface area contributed by atoms with Gasteiger partial charge in [-0.2, -0.15) is 0 Å². The highest BCUT2D eigenvalue weighted by atomic mass is 16.7. The number of hydrogen-bond donors (Lipinski definition) is 0. The van der Waals surface area contributed by atoms with E-state index in [0.29, 0.717) is 12.7 Å². The summed E-state index contributed by atoms with van der Waals surface area (Å²) in [7, 11) is 1.66. The lowest BCUT2D eigenvalue weighted by Gasteiger charge is -2.14. The van der Waals surface area contributed by atoms with Gasteiger partial charge in [-0.25, -0.2) is 0 Å². The van der Waals surface area contributed by atoms with E-state index in [2.05, 4.69) is 50.2 Å². The number of benzene rings is 2. The molecular formula is C20H24O2. The van der Waals surface area contributed by atoms with Crippen molar-refractivity contribution in [3.05, 3.63) is 64.2 Å². The van der Waals surface area contributed by atoms with Gasteiger partial charge in [-0.1, -0.05) is 30.3 Å². The highest BCUT2D eigenvalue weighted by Crippen LogP contribution is 2.44. The second kappa shape index (κ2) is 6.53. The van der Waals surface area contributed by atoms with E-state index in [1.807, 2.05) is 0 Å². The molecule has 2 nitrogen and oxygen atoms in total. The van der Waals surface area contributed by atoms with Crippen molar-refractivity contribution in [2.24, 2.45) is 0 Å². The van der Waals surface area contributed by atoms with Crippen molar-refractivity contribution < 1.29 is 9.47 Å². The Hall–Kier alpha value is -1.80. The van der Waals surface area contributed by atoms with Crippen molar-refractivity contribution in [3.63, 3.8) is 0 Å². The van der Waals surface area contributed by atoms with Crippen LogP contribution in [0.15, 0.2) is 36.4 Å². The third kappa shape index (κ3) is 3.33. The highest BCUT2D eigenvalue weighted by molar-refractivity contribution is 5.45. The number of methoxy groups -OCH3 is 1. The van der Waals surface area contributed by atoms with E-state index >= 15 is 0 Å². The van der Waals surface area contributed by atoms with Gasteiger partial charge in [-0.3, -0.25) is 0 Å². The van der Waals surface area contributed by atoms with Crippen LogP contribution in [0.25, 0.3) is 0 Å². The van der Waals surface area contributed by atoms with Gasteiger partial charge < -0.3 is 9.47 Å². The van der Waals surface area contributed by atoms with Gasteiger partial charge in [0.2, 0.25) is 0 Å². The molecule has 1 fully saturated rings. The SMILES string of the molecule is COCOc1ccc(Cc2c(C)cccc2C)cc1C1CC1. The summed E-state index contributed by atoms with van der Waals surface area (Å²) in [5, 5.41) is 0. The van der Waals surface area contributed by atoms with Crippen molar-refractivity contribution in [1.82, 2.24) is 0 Å². The molecule has 2 aromatic rings. The van der Waals surface area contributed by atoms with Crippen LogP contribution in [0.2, 0.25) is 0 Å². The monoisotopic (exact) mass is 296 g/mol. The minimum atomic E-state index is 0.315. The molecular weight excluding hydrogens is 272 g/mol. The first kappa shape index (κ1) is 15.1. The normalized spacial score (nSPS) is 14.1. The molecule has 1 aliphatic carbocycles. The Morgan fingerprint density at radius 3 is 2.41 bits per heavy atom. The lowest BCUT2D eigenvalue weighted by molar-refractivity contribution is 0.0504. The van der Waals surface area contributed by atoms with Crippen molar-refractivity contribution in [1.29, 1.82) is 0 Å². The van der Waals surface area contributed by atoms with E-state index in [4.69, 9.17) is 9.47 Å². The largest absolute Gasteiger partial charge is 0.467 e. The summed E-state index contributed by atoms with van der Waals surface area (Å²) in [6.07, 6.45) is 3.54. The predicted molar refractivity (Wildman–Crippen MR) is 89.6 cm³/mol. The van der Waals surface area contributed by atoms with E-state index < -0.39 is 0 Å². The Bertz CT molecular complexity index is 637. The molecule has 0 radical (unpaired) electrons. The minimum Gasteiger partial charge on any atom is -0.467 e. The van der Waals surface area contributed by atoms with Crippen LogP contribution in [-0.2, 0) is 11.2 Å². The van der Waals surface area contributed by atoms with E-state index in [9.17, 15) is 0 Å². The first-order valence-corrected chi connectivity index (χ1v) is 7.98. The molecule has 3 rings (SSSR count). The van der Waals surface area contributed by atoms with E-state index in [1.165, 1.54) is 40.7 Å². The maximum absolute atomic E-state index is 5.72. The molecule has 0 amide bonds. The minimum absolute atomic E-state index is 0.315. The van der Waals surface area contributed by atoms with Crippen molar-refractivity contribution >= 4 is 0 Å². The smallest absolute Gasteiger partial charge is 0.188 e. The van der Waals surface area contributed by atoms with Crippen LogP contribution in [0.5, 0.6) is 5.75 Å². The lowest BCUT2D eigenvalue weighted by Crippen LogP contribution is -2.02. The van der Waals surface area contributed by atoms with Crippen LogP contribution in [-0.4, -0.2) is 13.9 Å². The molecule has 116 valence electrons. The fraction of sp³-hybridized carbons (Fsp3) is 0.400. The number of ether oxygens (including phenoxy) is 2. The van der Waals surface area contributed by atoms with Crippen LogP contribution in [0.1, 0.15) is 46.6 Å².